The number of nitrogens with one attached hydrogen (secondary N) is 3. The normalized spacial score (nSPS) is 16.1. The van der Waals surface area contributed by atoms with Crippen LogP contribution in [0.1, 0.15) is 53.6 Å². The Kier molecular flexibility index (Phi) is 4.82. The number of ether oxygens (including phenoxy) is 1. The first kappa shape index (κ1) is 19.5. The molecule has 1 amide bonds. The molecule has 0 bridgehead atoms. The standard InChI is InChI=1S/C22H22FN5O3/c1-12(24-22(30)19-9-14-15(23)3-2-4-16(14)25-19)17-11-21(29)28-20(26-17)10-18(27-28)13-5-7-31-8-6-13/h2-4,9-13,25,27H,5-8H2,1H3,(H,24,30)/t12-/m0/s1. The number of hydrogen-bond acceptors (Lipinski definition) is 4. The van der Waals surface area contributed by atoms with Crippen LogP contribution in [0.25, 0.3) is 16.6 Å². The third kappa shape index (κ3) is 3.61. The van der Waals surface area contributed by atoms with Crippen molar-refractivity contribution in [2.24, 2.45) is 0 Å². The number of amides is 1. The molecule has 1 aromatic carbocycles. The van der Waals surface area contributed by atoms with Gasteiger partial charge in [-0.25, -0.2) is 13.9 Å². The van der Waals surface area contributed by atoms with E-state index in [0.29, 0.717) is 41.4 Å². The second-order valence-electron chi connectivity index (χ2n) is 7.89. The van der Waals surface area contributed by atoms with Gasteiger partial charge in [-0.3, -0.25) is 14.7 Å². The summed E-state index contributed by atoms with van der Waals surface area (Å²) in [6.07, 6.45) is 1.79. The topological polar surface area (TPSA) is 104 Å². The number of carbonyl (C=O) groups is 1. The van der Waals surface area contributed by atoms with E-state index in [1.54, 1.807) is 19.1 Å². The first-order valence-electron chi connectivity index (χ1n) is 10.3. The molecule has 3 aromatic heterocycles. The van der Waals surface area contributed by atoms with Gasteiger partial charge < -0.3 is 15.0 Å². The molecule has 1 atom stereocenters. The Morgan fingerprint density at radius 3 is 2.87 bits per heavy atom. The van der Waals surface area contributed by atoms with Gasteiger partial charge in [-0.05, 0) is 38.0 Å². The number of benzene rings is 1. The minimum Gasteiger partial charge on any atom is -0.381 e. The van der Waals surface area contributed by atoms with Crippen molar-refractivity contribution in [1.82, 2.24) is 24.9 Å². The molecule has 4 heterocycles. The molecule has 8 nitrogen and oxygen atoms in total. The smallest absolute Gasteiger partial charge is 0.272 e. The number of halogens is 1. The predicted octanol–water partition coefficient (Wildman–Crippen LogP) is 3.03. The van der Waals surface area contributed by atoms with Crippen molar-refractivity contribution in [3.63, 3.8) is 0 Å². The highest BCUT2D eigenvalue weighted by atomic mass is 19.1. The van der Waals surface area contributed by atoms with E-state index in [-0.39, 0.29) is 11.3 Å². The molecular weight excluding hydrogens is 401 g/mol. The van der Waals surface area contributed by atoms with E-state index in [1.165, 1.54) is 22.7 Å². The average Bonchev–Trinajstić information content (AvgIpc) is 3.40. The molecule has 0 unspecified atom stereocenters. The lowest BCUT2D eigenvalue weighted by Gasteiger charge is -2.20. The molecule has 4 aromatic rings. The zero-order valence-electron chi connectivity index (χ0n) is 16.9. The van der Waals surface area contributed by atoms with Gasteiger partial charge in [-0.2, -0.15) is 0 Å². The SMILES string of the molecule is C[C@H](NC(=O)c1cc2c(F)cccc2[nH]1)c1cc(=O)n2[nH]c(C3CCOCC3)cc2n1. The maximum atomic E-state index is 13.9. The maximum Gasteiger partial charge on any atom is 0.272 e. The lowest BCUT2D eigenvalue weighted by atomic mass is 9.97. The first-order chi connectivity index (χ1) is 15.0. The molecule has 0 aliphatic carbocycles. The molecule has 31 heavy (non-hydrogen) atoms. The third-order valence-corrected chi connectivity index (χ3v) is 5.80. The van der Waals surface area contributed by atoms with Gasteiger partial charge in [0.25, 0.3) is 11.5 Å². The van der Waals surface area contributed by atoms with Gasteiger partial charge in [-0.15, -0.1) is 0 Å². The first-order valence-corrected chi connectivity index (χ1v) is 10.3. The number of carbonyl (C=O) groups excluding carboxylic acids is 1. The van der Waals surface area contributed by atoms with Gasteiger partial charge in [0.2, 0.25) is 0 Å². The number of hydrogen-bond donors (Lipinski definition) is 3. The zero-order chi connectivity index (χ0) is 21.5. The van der Waals surface area contributed by atoms with Gasteiger partial charge in [0.05, 0.1) is 11.7 Å². The number of aromatic nitrogens is 4. The summed E-state index contributed by atoms with van der Waals surface area (Å²) in [6, 6.07) is 8.89. The number of aromatic amines is 2. The van der Waals surface area contributed by atoms with Crippen LogP contribution in [0, 0.1) is 5.82 Å². The summed E-state index contributed by atoms with van der Waals surface area (Å²) in [4.78, 5) is 32.8. The molecular formula is C22H22FN5O3. The molecule has 1 fully saturated rings. The molecule has 1 aliphatic heterocycles. The Balaban J connectivity index is 1.39. The summed E-state index contributed by atoms with van der Waals surface area (Å²) in [5, 5.41) is 6.32. The fourth-order valence-electron chi connectivity index (χ4n) is 4.06. The maximum absolute atomic E-state index is 13.9. The molecule has 0 saturated carbocycles. The van der Waals surface area contributed by atoms with Crippen LogP contribution in [0.15, 0.2) is 41.2 Å². The summed E-state index contributed by atoms with van der Waals surface area (Å²) in [5.41, 5.74) is 2.47. The van der Waals surface area contributed by atoms with Crippen LogP contribution >= 0.6 is 0 Å². The van der Waals surface area contributed by atoms with Crippen molar-refractivity contribution in [2.45, 2.75) is 31.7 Å². The molecule has 3 N–H and O–H groups in total. The van der Waals surface area contributed by atoms with E-state index in [4.69, 9.17) is 4.74 Å². The quantitative estimate of drug-likeness (QED) is 0.469. The van der Waals surface area contributed by atoms with Crippen molar-refractivity contribution >= 4 is 22.5 Å². The van der Waals surface area contributed by atoms with Crippen molar-refractivity contribution in [2.75, 3.05) is 13.2 Å². The van der Waals surface area contributed by atoms with Crippen LogP contribution < -0.4 is 10.9 Å². The highest BCUT2D eigenvalue weighted by Gasteiger charge is 2.21. The Bertz CT molecular complexity index is 1330. The molecule has 1 aliphatic rings. The Morgan fingerprint density at radius 1 is 1.29 bits per heavy atom. The van der Waals surface area contributed by atoms with Crippen LogP contribution in [0.3, 0.4) is 0 Å². The lowest BCUT2D eigenvalue weighted by Crippen LogP contribution is -2.29. The van der Waals surface area contributed by atoms with Crippen LogP contribution in [0.2, 0.25) is 0 Å². The minimum atomic E-state index is -0.511. The van der Waals surface area contributed by atoms with E-state index >= 15 is 0 Å². The number of rotatable bonds is 4. The van der Waals surface area contributed by atoms with E-state index < -0.39 is 17.8 Å². The number of fused-ring (bicyclic) bond motifs is 2. The molecule has 0 spiro atoms. The highest BCUT2D eigenvalue weighted by Crippen LogP contribution is 2.26. The summed E-state index contributed by atoms with van der Waals surface area (Å²) >= 11 is 0. The van der Waals surface area contributed by atoms with Crippen LogP contribution in [-0.2, 0) is 4.74 Å². The Hall–Kier alpha value is -3.46. The Labute approximate surface area is 176 Å². The van der Waals surface area contributed by atoms with E-state index in [1.807, 2.05) is 6.07 Å². The monoisotopic (exact) mass is 423 g/mol. The van der Waals surface area contributed by atoms with Crippen molar-refractivity contribution < 1.29 is 13.9 Å². The van der Waals surface area contributed by atoms with E-state index in [2.05, 4.69) is 20.4 Å². The van der Waals surface area contributed by atoms with Gasteiger partial charge in [0.15, 0.2) is 5.65 Å². The number of nitrogens with zero attached hydrogens (tertiary/aromatic N) is 2. The van der Waals surface area contributed by atoms with Crippen LogP contribution in [0.4, 0.5) is 4.39 Å². The summed E-state index contributed by atoms with van der Waals surface area (Å²) in [6.45, 7) is 3.16. The van der Waals surface area contributed by atoms with Crippen LogP contribution in [0.5, 0.6) is 0 Å². The fourth-order valence-corrected chi connectivity index (χ4v) is 4.06. The van der Waals surface area contributed by atoms with Gasteiger partial charge in [0.1, 0.15) is 11.5 Å². The third-order valence-electron chi connectivity index (χ3n) is 5.80. The van der Waals surface area contributed by atoms with E-state index in [9.17, 15) is 14.0 Å². The summed E-state index contributed by atoms with van der Waals surface area (Å²) in [5.74, 6) is -0.492. The highest BCUT2D eigenvalue weighted by molar-refractivity contribution is 5.98. The second kappa shape index (κ2) is 7.66. The van der Waals surface area contributed by atoms with E-state index in [0.717, 1.165) is 18.5 Å². The molecule has 1 saturated heterocycles. The number of H-pyrrole nitrogens is 2. The van der Waals surface area contributed by atoms with Gasteiger partial charge in [0, 0.05) is 47.9 Å². The largest absolute Gasteiger partial charge is 0.381 e. The molecule has 0 radical (unpaired) electrons. The second-order valence-corrected chi connectivity index (χ2v) is 7.89. The average molecular weight is 423 g/mol. The lowest BCUT2D eigenvalue weighted by molar-refractivity contribution is 0.0844. The molecule has 160 valence electrons. The van der Waals surface area contributed by atoms with Gasteiger partial charge in [-0.1, -0.05) is 6.07 Å². The minimum absolute atomic E-state index is 0.243. The zero-order valence-corrected chi connectivity index (χ0v) is 16.9. The fraction of sp³-hybridized carbons (Fsp3) is 0.318. The van der Waals surface area contributed by atoms with Crippen LogP contribution in [-0.4, -0.2) is 38.7 Å². The molecule has 5 rings (SSSR count). The predicted molar refractivity (Wildman–Crippen MR) is 113 cm³/mol. The Morgan fingerprint density at radius 2 is 2.10 bits per heavy atom. The summed E-state index contributed by atoms with van der Waals surface area (Å²) in [7, 11) is 0. The van der Waals surface area contributed by atoms with Crippen molar-refractivity contribution in [3.05, 3.63) is 69.7 Å². The summed E-state index contributed by atoms with van der Waals surface area (Å²) < 4.78 is 20.7. The van der Waals surface area contributed by atoms with Crippen molar-refractivity contribution in [3.8, 4) is 0 Å². The molecule has 9 heteroatoms. The van der Waals surface area contributed by atoms with Gasteiger partial charge >= 0.3 is 0 Å². The van der Waals surface area contributed by atoms with Crippen molar-refractivity contribution in [1.29, 1.82) is 0 Å².